The Kier molecular flexibility index (Phi) is 4.80. The van der Waals surface area contributed by atoms with Crippen LogP contribution < -0.4 is 5.32 Å². The third kappa shape index (κ3) is 3.93. The molecule has 2 atom stereocenters. The van der Waals surface area contributed by atoms with Gasteiger partial charge in [0, 0.05) is 42.4 Å². The van der Waals surface area contributed by atoms with Gasteiger partial charge < -0.3 is 10.1 Å². The highest BCUT2D eigenvalue weighted by molar-refractivity contribution is 5.92. The number of nitrogens with zero attached hydrogens (tertiary/aromatic N) is 3. The molecule has 0 bridgehead atoms. The van der Waals surface area contributed by atoms with Crippen LogP contribution in [0.25, 0.3) is 0 Å². The maximum atomic E-state index is 12.8. The second kappa shape index (κ2) is 7.11. The van der Waals surface area contributed by atoms with Crippen LogP contribution in [0.5, 0.6) is 0 Å². The lowest BCUT2D eigenvalue weighted by atomic mass is 9.91. The molecule has 0 radical (unpaired) electrons. The van der Waals surface area contributed by atoms with E-state index in [4.69, 9.17) is 4.74 Å². The summed E-state index contributed by atoms with van der Waals surface area (Å²) in [4.78, 5) is 12.8. The Bertz CT molecular complexity index is 786. The topological polar surface area (TPSA) is 84.8 Å². The average Bonchev–Trinajstić information content (AvgIpc) is 3.16. The molecule has 3 heterocycles. The summed E-state index contributed by atoms with van der Waals surface area (Å²) < 4.78 is 7.97. The summed E-state index contributed by atoms with van der Waals surface area (Å²) in [5.41, 5.74) is 2.62. The molecule has 1 saturated carbocycles. The lowest BCUT2D eigenvalue weighted by molar-refractivity contribution is -0.0272. The Morgan fingerprint density at radius 1 is 1.37 bits per heavy atom. The van der Waals surface area contributed by atoms with E-state index in [1.807, 2.05) is 16.9 Å². The van der Waals surface area contributed by atoms with Crippen molar-refractivity contribution < 1.29 is 9.53 Å². The zero-order valence-corrected chi connectivity index (χ0v) is 16.4. The first-order chi connectivity index (χ1) is 12.9. The van der Waals surface area contributed by atoms with Crippen molar-refractivity contribution in [2.45, 2.75) is 64.0 Å². The van der Waals surface area contributed by atoms with Gasteiger partial charge in [0.05, 0.1) is 17.8 Å². The van der Waals surface area contributed by atoms with Crippen LogP contribution in [0.15, 0.2) is 18.5 Å². The first-order valence-electron chi connectivity index (χ1n) is 9.92. The number of ether oxygens (including phenoxy) is 1. The molecule has 1 aliphatic heterocycles. The summed E-state index contributed by atoms with van der Waals surface area (Å²) in [6.45, 7) is 7.71. The first kappa shape index (κ1) is 18.2. The Morgan fingerprint density at radius 2 is 2.19 bits per heavy atom. The predicted molar refractivity (Wildman–Crippen MR) is 102 cm³/mol. The molecule has 1 aliphatic carbocycles. The second-order valence-corrected chi connectivity index (χ2v) is 8.75. The van der Waals surface area contributed by atoms with E-state index in [9.17, 15) is 4.79 Å². The molecule has 4 rings (SSSR count). The molecular weight excluding hydrogens is 342 g/mol. The second-order valence-electron chi connectivity index (χ2n) is 8.75. The molecular formula is C20H29N5O2. The number of rotatable bonds is 5. The van der Waals surface area contributed by atoms with E-state index in [2.05, 4.69) is 41.4 Å². The molecule has 2 aliphatic rings. The van der Waals surface area contributed by atoms with Gasteiger partial charge >= 0.3 is 0 Å². The fourth-order valence-electron chi connectivity index (χ4n) is 3.87. The third-order valence-corrected chi connectivity index (χ3v) is 5.42. The van der Waals surface area contributed by atoms with Gasteiger partial charge in [-0.15, -0.1) is 0 Å². The Labute approximate surface area is 159 Å². The summed E-state index contributed by atoms with van der Waals surface area (Å²) in [7, 11) is 0. The lowest BCUT2D eigenvalue weighted by Gasteiger charge is -2.31. The Morgan fingerprint density at radius 3 is 2.85 bits per heavy atom. The first-order valence-corrected chi connectivity index (χ1v) is 9.92. The number of aromatic nitrogens is 4. The van der Waals surface area contributed by atoms with Crippen molar-refractivity contribution in [2.75, 3.05) is 13.2 Å². The van der Waals surface area contributed by atoms with E-state index in [1.165, 1.54) is 18.5 Å². The lowest BCUT2D eigenvalue weighted by Crippen LogP contribution is -2.35. The van der Waals surface area contributed by atoms with Crippen LogP contribution in [0, 0.1) is 5.92 Å². The quantitative estimate of drug-likeness (QED) is 0.846. The Hall–Kier alpha value is -2.15. The molecule has 2 fully saturated rings. The highest BCUT2D eigenvalue weighted by Gasteiger charge is 2.33. The highest BCUT2D eigenvalue weighted by atomic mass is 16.5. The molecule has 1 saturated heterocycles. The summed E-state index contributed by atoms with van der Waals surface area (Å²) >= 11 is 0. The number of amides is 1. The maximum Gasteiger partial charge on any atom is 0.271 e. The van der Waals surface area contributed by atoms with Crippen molar-refractivity contribution in [3.05, 3.63) is 35.4 Å². The van der Waals surface area contributed by atoms with E-state index in [0.717, 1.165) is 25.0 Å². The zero-order valence-electron chi connectivity index (χ0n) is 16.4. The van der Waals surface area contributed by atoms with Crippen molar-refractivity contribution in [3.8, 4) is 0 Å². The van der Waals surface area contributed by atoms with Crippen molar-refractivity contribution in [3.63, 3.8) is 0 Å². The number of hydrogen-bond acceptors (Lipinski definition) is 4. The molecule has 2 aromatic heterocycles. The largest absolute Gasteiger partial charge is 0.373 e. The van der Waals surface area contributed by atoms with E-state index in [-0.39, 0.29) is 23.5 Å². The maximum absolute atomic E-state index is 12.8. The molecule has 27 heavy (non-hydrogen) atoms. The van der Waals surface area contributed by atoms with Crippen molar-refractivity contribution in [1.29, 1.82) is 0 Å². The summed E-state index contributed by atoms with van der Waals surface area (Å²) in [6.07, 6.45) is 8.07. The van der Waals surface area contributed by atoms with Gasteiger partial charge in [-0.2, -0.15) is 10.2 Å². The molecule has 0 spiro atoms. The summed E-state index contributed by atoms with van der Waals surface area (Å²) in [6, 6.07) is 1.98. The molecule has 7 nitrogen and oxygen atoms in total. The van der Waals surface area contributed by atoms with E-state index in [1.54, 1.807) is 6.20 Å². The molecule has 146 valence electrons. The molecule has 7 heteroatoms. The van der Waals surface area contributed by atoms with Gasteiger partial charge in [0.1, 0.15) is 5.69 Å². The smallest absolute Gasteiger partial charge is 0.271 e. The van der Waals surface area contributed by atoms with Crippen LogP contribution in [-0.4, -0.2) is 39.0 Å². The van der Waals surface area contributed by atoms with Crippen LogP contribution in [0.3, 0.4) is 0 Å². The van der Waals surface area contributed by atoms with Crippen molar-refractivity contribution in [2.24, 2.45) is 5.92 Å². The molecule has 0 unspecified atom stereocenters. The van der Waals surface area contributed by atoms with Gasteiger partial charge in [-0.05, 0) is 52.5 Å². The van der Waals surface area contributed by atoms with E-state index < -0.39 is 0 Å². The average molecular weight is 371 g/mol. The molecule has 0 aromatic carbocycles. The van der Waals surface area contributed by atoms with Crippen LogP contribution >= 0.6 is 0 Å². The summed E-state index contributed by atoms with van der Waals surface area (Å²) in [5.74, 6) is 0.694. The van der Waals surface area contributed by atoms with Crippen LogP contribution in [-0.2, 0) is 10.3 Å². The normalized spacial score (nSPS) is 23.4. The molecule has 2 N–H and O–H groups in total. The SMILES string of the molecule is CC(C)(C)n1nc(C(=O)NC[C@@H]2CCCO[C@H]2c2cn[nH]c2)cc1C1CC1. The number of carbonyl (C=O) groups is 1. The predicted octanol–water partition coefficient (Wildman–Crippen LogP) is 3.14. The van der Waals surface area contributed by atoms with Gasteiger partial charge in [-0.3, -0.25) is 14.6 Å². The van der Waals surface area contributed by atoms with Crippen molar-refractivity contribution >= 4 is 5.91 Å². The minimum absolute atomic E-state index is 0.0213. The van der Waals surface area contributed by atoms with Gasteiger partial charge in [-0.25, -0.2) is 0 Å². The van der Waals surface area contributed by atoms with Gasteiger partial charge in [0.2, 0.25) is 0 Å². The molecule has 1 amide bonds. The zero-order chi connectivity index (χ0) is 19.0. The molecule has 2 aromatic rings. The highest BCUT2D eigenvalue weighted by Crippen LogP contribution is 2.41. The third-order valence-electron chi connectivity index (χ3n) is 5.42. The number of aromatic amines is 1. The number of hydrogen-bond donors (Lipinski definition) is 2. The Balaban J connectivity index is 1.44. The number of H-pyrrole nitrogens is 1. The van der Waals surface area contributed by atoms with Gasteiger partial charge in [-0.1, -0.05) is 0 Å². The number of carbonyl (C=O) groups excluding carboxylic acids is 1. The fourth-order valence-corrected chi connectivity index (χ4v) is 3.87. The minimum atomic E-state index is -0.125. The number of nitrogens with one attached hydrogen (secondary N) is 2. The minimum Gasteiger partial charge on any atom is -0.373 e. The van der Waals surface area contributed by atoms with Crippen molar-refractivity contribution in [1.82, 2.24) is 25.3 Å². The van der Waals surface area contributed by atoms with Crippen LogP contribution in [0.1, 0.15) is 80.2 Å². The standard InChI is InChI=1S/C20H29N5O2/c1-20(2,3)25-17(13-6-7-13)9-16(24-25)19(26)21-10-14-5-4-8-27-18(14)15-11-22-23-12-15/h9,11-14,18H,4-8,10H2,1-3H3,(H,21,26)(H,22,23)/t14-,18+/m0/s1. The van der Waals surface area contributed by atoms with Gasteiger partial charge in [0.15, 0.2) is 0 Å². The fraction of sp³-hybridized carbons (Fsp3) is 0.650. The van der Waals surface area contributed by atoms with E-state index in [0.29, 0.717) is 18.2 Å². The monoisotopic (exact) mass is 371 g/mol. The van der Waals surface area contributed by atoms with Gasteiger partial charge in [0.25, 0.3) is 5.91 Å². The van der Waals surface area contributed by atoms with E-state index >= 15 is 0 Å². The summed E-state index contributed by atoms with van der Waals surface area (Å²) in [5, 5.41) is 14.6. The van der Waals surface area contributed by atoms with Crippen LogP contribution in [0.2, 0.25) is 0 Å². The van der Waals surface area contributed by atoms with Crippen LogP contribution in [0.4, 0.5) is 0 Å².